The van der Waals surface area contributed by atoms with Crippen LogP contribution in [0.3, 0.4) is 0 Å². The Bertz CT molecular complexity index is 736. The maximum Gasteiger partial charge on any atom is 0.230 e. The third-order valence-electron chi connectivity index (χ3n) is 4.50. The van der Waals surface area contributed by atoms with Gasteiger partial charge in [0.05, 0.1) is 17.3 Å². The van der Waals surface area contributed by atoms with Crippen LogP contribution >= 0.6 is 0 Å². The zero-order chi connectivity index (χ0) is 17.3. The van der Waals surface area contributed by atoms with E-state index in [-0.39, 0.29) is 11.8 Å². The van der Waals surface area contributed by atoms with Crippen molar-refractivity contribution in [1.82, 2.24) is 20.3 Å². The molecule has 1 N–H and O–H groups in total. The largest absolute Gasteiger partial charge is 0.369 e. The molecule has 2 aromatic heterocycles. The van der Waals surface area contributed by atoms with Crippen LogP contribution in [0.2, 0.25) is 0 Å². The molecule has 1 atom stereocenters. The first kappa shape index (κ1) is 16.4. The normalized spacial score (nSPS) is 15.1. The molecule has 0 aliphatic carbocycles. The van der Waals surface area contributed by atoms with Crippen molar-refractivity contribution in [3.8, 4) is 0 Å². The first-order chi connectivity index (χ1) is 11.5. The summed E-state index contributed by atoms with van der Waals surface area (Å²) in [6.07, 6.45) is 0.731. The van der Waals surface area contributed by atoms with Crippen LogP contribution in [0.15, 0.2) is 10.6 Å². The van der Waals surface area contributed by atoms with Crippen molar-refractivity contribution in [1.29, 1.82) is 0 Å². The summed E-state index contributed by atoms with van der Waals surface area (Å²) >= 11 is 0. The van der Waals surface area contributed by atoms with E-state index in [0.29, 0.717) is 18.8 Å². The number of rotatable bonds is 4. The predicted octanol–water partition coefficient (Wildman–Crippen LogP) is 2.20. The summed E-state index contributed by atoms with van der Waals surface area (Å²) in [7, 11) is 0. The van der Waals surface area contributed by atoms with Crippen molar-refractivity contribution in [2.24, 2.45) is 0 Å². The fourth-order valence-electron chi connectivity index (χ4n) is 3.29. The Morgan fingerprint density at radius 2 is 2.21 bits per heavy atom. The van der Waals surface area contributed by atoms with Crippen LogP contribution in [0.5, 0.6) is 0 Å². The van der Waals surface area contributed by atoms with Crippen molar-refractivity contribution in [3.63, 3.8) is 0 Å². The number of anilines is 1. The minimum absolute atomic E-state index is 0.0943. The van der Waals surface area contributed by atoms with E-state index in [9.17, 15) is 4.79 Å². The van der Waals surface area contributed by atoms with Gasteiger partial charge in [-0.2, -0.15) is 5.10 Å². The van der Waals surface area contributed by atoms with E-state index in [1.54, 1.807) is 0 Å². The van der Waals surface area contributed by atoms with Gasteiger partial charge in [-0.1, -0.05) is 5.16 Å². The van der Waals surface area contributed by atoms with Crippen LogP contribution < -0.4 is 5.32 Å². The van der Waals surface area contributed by atoms with Crippen LogP contribution in [-0.4, -0.2) is 39.3 Å². The van der Waals surface area contributed by atoms with Gasteiger partial charge in [0.1, 0.15) is 11.6 Å². The zero-order valence-electron chi connectivity index (χ0n) is 14.6. The Kier molecular flexibility index (Phi) is 4.51. The van der Waals surface area contributed by atoms with Crippen LogP contribution in [-0.2, 0) is 17.8 Å². The molecule has 128 valence electrons. The van der Waals surface area contributed by atoms with Crippen molar-refractivity contribution < 1.29 is 9.32 Å². The molecule has 0 aromatic carbocycles. The van der Waals surface area contributed by atoms with Crippen molar-refractivity contribution >= 4 is 11.7 Å². The molecule has 1 aliphatic heterocycles. The molecule has 7 heteroatoms. The molecule has 7 nitrogen and oxygen atoms in total. The molecule has 1 unspecified atom stereocenters. The molecular formula is C17H23N5O2. The fourth-order valence-corrected chi connectivity index (χ4v) is 3.29. The molecule has 0 radical (unpaired) electrons. The standard InChI is InChI=1S/C17H23N5O2/c1-5-18-15-8-13-9-22(7-6-14(13)19-20-15)17(23)10(2)16-11(3)21-24-12(16)4/h8,10H,5-7,9H2,1-4H3,(H,18,20). The molecule has 24 heavy (non-hydrogen) atoms. The van der Waals surface area contributed by atoms with Gasteiger partial charge in [-0.15, -0.1) is 5.10 Å². The molecule has 0 saturated carbocycles. The molecule has 1 aliphatic rings. The molecule has 0 bridgehead atoms. The van der Waals surface area contributed by atoms with E-state index in [1.165, 1.54) is 0 Å². The van der Waals surface area contributed by atoms with Crippen LogP contribution in [0.1, 0.15) is 48.0 Å². The highest BCUT2D eigenvalue weighted by molar-refractivity contribution is 5.84. The highest BCUT2D eigenvalue weighted by Crippen LogP contribution is 2.27. The Labute approximate surface area is 141 Å². The third kappa shape index (κ3) is 2.98. The summed E-state index contributed by atoms with van der Waals surface area (Å²) in [5.74, 6) is 1.30. The molecule has 0 spiro atoms. The maximum atomic E-state index is 12.9. The van der Waals surface area contributed by atoms with Gasteiger partial charge in [0.15, 0.2) is 0 Å². The highest BCUT2D eigenvalue weighted by atomic mass is 16.5. The predicted molar refractivity (Wildman–Crippen MR) is 89.7 cm³/mol. The Morgan fingerprint density at radius 3 is 2.88 bits per heavy atom. The molecule has 3 heterocycles. The number of aryl methyl sites for hydroxylation is 2. The lowest BCUT2D eigenvalue weighted by Crippen LogP contribution is -2.39. The number of carbonyl (C=O) groups is 1. The molecule has 2 aromatic rings. The lowest BCUT2D eigenvalue weighted by atomic mass is 9.96. The second kappa shape index (κ2) is 6.59. The van der Waals surface area contributed by atoms with Gasteiger partial charge in [-0.3, -0.25) is 4.79 Å². The van der Waals surface area contributed by atoms with Crippen LogP contribution in [0, 0.1) is 13.8 Å². The van der Waals surface area contributed by atoms with E-state index >= 15 is 0 Å². The molecule has 3 rings (SSSR count). The Hall–Kier alpha value is -2.44. The van der Waals surface area contributed by atoms with Gasteiger partial charge in [0.25, 0.3) is 0 Å². The van der Waals surface area contributed by atoms with Gasteiger partial charge < -0.3 is 14.7 Å². The summed E-state index contributed by atoms with van der Waals surface area (Å²) in [4.78, 5) is 14.8. The second-order valence-corrected chi connectivity index (χ2v) is 6.20. The molecule has 1 amide bonds. The SMILES string of the molecule is CCNc1cc2c(nn1)CCN(C(=O)C(C)c1c(C)noc1C)C2. The van der Waals surface area contributed by atoms with Gasteiger partial charge >= 0.3 is 0 Å². The van der Waals surface area contributed by atoms with Crippen molar-refractivity contribution in [2.75, 3.05) is 18.4 Å². The molecule has 0 fully saturated rings. The monoisotopic (exact) mass is 329 g/mol. The van der Waals surface area contributed by atoms with E-state index in [2.05, 4.69) is 20.7 Å². The number of hydrogen-bond acceptors (Lipinski definition) is 6. The summed E-state index contributed by atoms with van der Waals surface area (Å²) in [5.41, 5.74) is 3.72. The third-order valence-corrected chi connectivity index (χ3v) is 4.50. The van der Waals surface area contributed by atoms with Crippen molar-refractivity contribution in [3.05, 3.63) is 34.3 Å². The lowest BCUT2D eigenvalue weighted by Gasteiger charge is -2.30. The number of fused-ring (bicyclic) bond motifs is 1. The number of aromatic nitrogens is 3. The topological polar surface area (TPSA) is 84.2 Å². The van der Waals surface area contributed by atoms with E-state index in [0.717, 1.165) is 41.3 Å². The number of nitrogens with zero attached hydrogens (tertiary/aromatic N) is 4. The smallest absolute Gasteiger partial charge is 0.230 e. The number of nitrogens with one attached hydrogen (secondary N) is 1. The summed E-state index contributed by atoms with van der Waals surface area (Å²) < 4.78 is 5.21. The quantitative estimate of drug-likeness (QED) is 0.926. The van der Waals surface area contributed by atoms with E-state index < -0.39 is 0 Å². The van der Waals surface area contributed by atoms with Gasteiger partial charge in [-0.25, -0.2) is 0 Å². The van der Waals surface area contributed by atoms with Crippen LogP contribution in [0.4, 0.5) is 5.82 Å². The van der Waals surface area contributed by atoms with E-state index in [1.807, 2.05) is 38.7 Å². The zero-order valence-corrected chi connectivity index (χ0v) is 14.6. The number of hydrogen-bond donors (Lipinski definition) is 1. The minimum atomic E-state index is -0.263. The lowest BCUT2D eigenvalue weighted by molar-refractivity contribution is -0.133. The van der Waals surface area contributed by atoms with Crippen LogP contribution in [0.25, 0.3) is 0 Å². The summed E-state index contributed by atoms with van der Waals surface area (Å²) in [5, 5.41) is 15.6. The number of carbonyl (C=O) groups excluding carboxylic acids is 1. The number of amides is 1. The Balaban J connectivity index is 1.79. The highest BCUT2D eigenvalue weighted by Gasteiger charge is 2.29. The second-order valence-electron chi connectivity index (χ2n) is 6.20. The summed E-state index contributed by atoms with van der Waals surface area (Å²) in [6, 6.07) is 1.99. The van der Waals surface area contributed by atoms with Crippen molar-refractivity contribution in [2.45, 2.75) is 46.6 Å². The van der Waals surface area contributed by atoms with Gasteiger partial charge in [0, 0.05) is 31.6 Å². The first-order valence-corrected chi connectivity index (χ1v) is 8.32. The van der Waals surface area contributed by atoms with E-state index in [4.69, 9.17) is 4.52 Å². The first-order valence-electron chi connectivity index (χ1n) is 8.32. The fraction of sp³-hybridized carbons (Fsp3) is 0.529. The Morgan fingerprint density at radius 1 is 1.42 bits per heavy atom. The average Bonchev–Trinajstić information content (AvgIpc) is 2.92. The molecule has 0 saturated heterocycles. The maximum absolute atomic E-state index is 12.9. The van der Waals surface area contributed by atoms with Gasteiger partial charge in [0.2, 0.25) is 5.91 Å². The molecular weight excluding hydrogens is 306 g/mol. The minimum Gasteiger partial charge on any atom is -0.369 e. The summed E-state index contributed by atoms with van der Waals surface area (Å²) in [6.45, 7) is 9.67. The average molecular weight is 329 g/mol. The van der Waals surface area contributed by atoms with Gasteiger partial charge in [-0.05, 0) is 39.3 Å².